The third-order valence-corrected chi connectivity index (χ3v) is 5.39. The molecule has 0 radical (unpaired) electrons. The smallest absolute Gasteiger partial charge is 0.187 e. The molecule has 2 N–H and O–H groups in total. The van der Waals surface area contributed by atoms with Gasteiger partial charge in [-0.15, -0.1) is 10.2 Å². The molecule has 29 heavy (non-hydrogen) atoms. The van der Waals surface area contributed by atoms with Gasteiger partial charge in [-0.25, -0.2) is 4.98 Å². The minimum atomic E-state index is 0.283. The van der Waals surface area contributed by atoms with Crippen molar-refractivity contribution in [2.24, 2.45) is 5.73 Å². The summed E-state index contributed by atoms with van der Waals surface area (Å²) in [6.45, 7) is 5.44. The monoisotopic (exact) mass is 388 g/mol. The van der Waals surface area contributed by atoms with Crippen molar-refractivity contribution < 1.29 is 4.74 Å². The van der Waals surface area contributed by atoms with Crippen LogP contribution < -0.4 is 10.5 Å². The Bertz CT molecular complexity index is 1170. The van der Waals surface area contributed by atoms with Gasteiger partial charge in [0.25, 0.3) is 0 Å². The van der Waals surface area contributed by atoms with Crippen LogP contribution in [0.1, 0.15) is 18.9 Å². The van der Waals surface area contributed by atoms with Crippen LogP contribution in [0.15, 0.2) is 48.7 Å². The van der Waals surface area contributed by atoms with Gasteiger partial charge in [0, 0.05) is 37.3 Å². The number of nitrogens with zero attached hydrogens (tertiary/aromatic N) is 5. The highest BCUT2D eigenvalue weighted by molar-refractivity contribution is 5.86. The lowest BCUT2D eigenvalue weighted by molar-refractivity contribution is 0.326. The predicted octanol–water partition coefficient (Wildman–Crippen LogP) is 2.88. The van der Waals surface area contributed by atoms with Gasteiger partial charge in [-0.2, -0.15) is 0 Å². The van der Waals surface area contributed by atoms with Gasteiger partial charge in [0.05, 0.1) is 6.61 Å². The first-order chi connectivity index (χ1) is 14.2. The summed E-state index contributed by atoms with van der Waals surface area (Å²) in [6, 6.07) is 14.4. The van der Waals surface area contributed by atoms with Gasteiger partial charge in [0.15, 0.2) is 11.5 Å². The quantitative estimate of drug-likeness (QED) is 0.566. The van der Waals surface area contributed by atoms with Crippen molar-refractivity contribution in [2.75, 3.05) is 19.7 Å². The van der Waals surface area contributed by atoms with Crippen LogP contribution in [0, 0.1) is 0 Å². The maximum atomic E-state index is 6.05. The number of fused-ring (bicyclic) bond motifs is 2. The summed E-state index contributed by atoms with van der Waals surface area (Å²) in [4.78, 5) is 7.24. The Morgan fingerprint density at radius 3 is 2.90 bits per heavy atom. The largest absolute Gasteiger partial charge is 0.492 e. The molecular formula is C22H24N6O. The average molecular weight is 388 g/mol. The van der Waals surface area contributed by atoms with Gasteiger partial charge >= 0.3 is 0 Å². The Morgan fingerprint density at radius 1 is 1.14 bits per heavy atom. The van der Waals surface area contributed by atoms with E-state index in [1.807, 2.05) is 41.7 Å². The lowest BCUT2D eigenvalue weighted by Gasteiger charge is -2.15. The first-order valence-electron chi connectivity index (χ1n) is 10.1. The van der Waals surface area contributed by atoms with Gasteiger partial charge in [0.1, 0.15) is 17.0 Å². The molecular weight excluding hydrogens is 364 g/mol. The maximum Gasteiger partial charge on any atom is 0.187 e. The van der Waals surface area contributed by atoms with Crippen molar-refractivity contribution in [3.63, 3.8) is 0 Å². The normalized spacial score (nSPS) is 17.4. The summed E-state index contributed by atoms with van der Waals surface area (Å²) < 4.78 is 7.78. The number of rotatable bonds is 5. The van der Waals surface area contributed by atoms with E-state index in [4.69, 9.17) is 15.5 Å². The van der Waals surface area contributed by atoms with Gasteiger partial charge in [0.2, 0.25) is 0 Å². The van der Waals surface area contributed by atoms with Crippen molar-refractivity contribution in [2.45, 2.75) is 25.9 Å². The van der Waals surface area contributed by atoms with Crippen LogP contribution in [0.2, 0.25) is 0 Å². The molecule has 4 aromatic rings. The Kier molecular flexibility index (Phi) is 4.61. The summed E-state index contributed by atoms with van der Waals surface area (Å²) in [6.07, 6.45) is 3.16. The maximum absolute atomic E-state index is 6.05. The number of nitrogens with two attached hydrogens (primary N) is 1. The Morgan fingerprint density at radius 2 is 2.07 bits per heavy atom. The van der Waals surface area contributed by atoms with Crippen molar-refractivity contribution in [1.29, 1.82) is 0 Å². The van der Waals surface area contributed by atoms with Gasteiger partial charge in [-0.1, -0.05) is 24.3 Å². The van der Waals surface area contributed by atoms with Crippen molar-refractivity contribution in [3.05, 3.63) is 54.2 Å². The molecule has 1 aliphatic rings. The lowest BCUT2D eigenvalue weighted by Crippen LogP contribution is -2.26. The molecule has 7 nitrogen and oxygen atoms in total. The SMILES string of the molecule is CCOc1cccc2ccc(-c3nnc4ccc(CN5CC[C@H](N)C5)cn34)nc12. The molecule has 1 aromatic carbocycles. The lowest BCUT2D eigenvalue weighted by atomic mass is 10.2. The van der Waals surface area contributed by atoms with E-state index in [0.29, 0.717) is 6.61 Å². The first kappa shape index (κ1) is 18.0. The predicted molar refractivity (Wildman–Crippen MR) is 113 cm³/mol. The Hall–Kier alpha value is -3.03. The zero-order valence-corrected chi connectivity index (χ0v) is 16.5. The first-order valence-corrected chi connectivity index (χ1v) is 10.1. The van der Waals surface area contributed by atoms with E-state index in [2.05, 4.69) is 33.4 Å². The van der Waals surface area contributed by atoms with E-state index in [1.54, 1.807) is 0 Å². The fourth-order valence-electron chi connectivity index (χ4n) is 3.98. The Labute approximate surface area is 169 Å². The number of aromatic nitrogens is 4. The van der Waals surface area contributed by atoms with E-state index in [9.17, 15) is 0 Å². The minimum absolute atomic E-state index is 0.283. The molecule has 148 valence electrons. The summed E-state index contributed by atoms with van der Waals surface area (Å²) in [5.74, 6) is 1.51. The molecule has 5 rings (SSSR count). The van der Waals surface area contributed by atoms with Crippen molar-refractivity contribution in [3.8, 4) is 17.3 Å². The number of likely N-dealkylation sites (tertiary alicyclic amines) is 1. The molecule has 7 heteroatoms. The van der Waals surface area contributed by atoms with E-state index in [-0.39, 0.29) is 6.04 Å². The van der Waals surface area contributed by atoms with Gasteiger partial charge in [-0.3, -0.25) is 9.30 Å². The average Bonchev–Trinajstić information content (AvgIpc) is 3.34. The number of ether oxygens (including phenoxy) is 1. The summed E-state index contributed by atoms with van der Waals surface area (Å²) in [7, 11) is 0. The molecule has 0 amide bonds. The second-order valence-corrected chi connectivity index (χ2v) is 7.53. The molecule has 1 atom stereocenters. The fraction of sp³-hybridized carbons (Fsp3) is 0.318. The molecule has 0 aliphatic carbocycles. The topological polar surface area (TPSA) is 81.6 Å². The highest BCUT2D eigenvalue weighted by Gasteiger charge is 2.19. The van der Waals surface area contributed by atoms with Crippen molar-refractivity contribution in [1.82, 2.24) is 24.5 Å². The van der Waals surface area contributed by atoms with E-state index in [0.717, 1.165) is 59.9 Å². The van der Waals surface area contributed by atoms with E-state index in [1.165, 1.54) is 5.56 Å². The summed E-state index contributed by atoms with van der Waals surface area (Å²) >= 11 is 0. The number of benzene rings is 1. The van der Waals surface area contributed by atoms with Crippen LogP contribution in [0.25, 0.3) is 28.1 Å². The number of pyridine rings is 2. The summed E-state index contributed by atoms with van der Waals surface area (Å²) in [5.41, 5.74) is 9.68. The standard InChI is InChI=1S/C22H24N6O/c1-2-29-19-5-3-4-16-7-8-18(24-21(16)19)22-26-25-20-9-6-15(13-28(20)22)12-27-11-10-17(23)14-27/h3-9,13,17H,2,10-12,14,23H2,1H3/t17-/m0/s1. The highest BCUT2D eigenvalue weighted by Crippen LogP contribution is 2.27. The molecule has 1 fully saturated rings. The molecule has 0 unspecified atom stereocenters. The zero-order chi connectivity index (χ0) is 19.8. The van der Waals surface area contributed by atoms with Gasteiger partial charge in [-0.05, 0) is 37.1 Å². The number of hydrogen-bond acceptors (Lipinski definition) is 6. The second-order valence-electron chi connectivity index (χ2n) is 7.53. The number of hydrogen-bond donors (Lipinski definition) is 1. The van der Waals surface area contributed by atoms with Crippen LogP contribution in [0.4, 0.5) is 0 Å². The second kappa shape index (κ2) is 7.42. The number of para-hydroxylation sites is 1. The summed E-state index contributed by atoms with van der Waals surface area (Å²) in [5, 5.41) is 9.78. The fourth-order valence-corrected chi connectivity index (χ4v) is 3.98. The van der Waals surface area contributed by atoms with E-state index >= 15 is 0 Å². The van der Waals surface area contributed by atoms with E-state index < -0.39 is 0 Å². The third-order valence-electron chi connectivity index (χ3n) is 5.39. The highest BCUT2D eigenvalue weighted by atomic mass is 16.5. The van der Waals surface area contributed by atoms with Crippen LogP contribution in [0.3, 0.4) is 0 Å². The van der Waals surface area contributed by atoms with Crippen molar-refractivity contribution >= 4 is 16.6 Å². The molecule has 1 saturated heterocycles. The van der Waals surface area contributed by atoms with Crippen LogP contribution in [0.5, 0.6) is 5.75 Å². The molecule has 0 saturated carbocycles. The van der Waals surface area contributed by atoms with Crippen LogP contribution >= 0.6 is 0 Å². The molecule has 3 aromatic heterocycles. The Balaban J connectivity index is 1.54. The zero-order valence-electron chi connectivity index (χ0n) is 16.5. The van der Waals surface area contributed by atoms with Gasteiger partial charge < -0.3 is 10.5 Å². The molecule has 0 spiro atoms. The molecule has 0 bridgehead atoms. The van der Waals surface area contributed by atoms with Crippen LogP contribution in [-0.2, 0) is 6.54 Å². The molecule has 1 aliphatic heterocycles. The minimum Gasteiger partial charge on any atom is -0.492 e. The van der Waals surface area contributed by atoms with Crippen LogP contribution in [-0.4, -0.2) is 50.2 Å². The molecule has 4 heterocycles. The third kappa shape index (κ3) is 3.43.